The number of hydrogen-bond acceptors (Lipinski definition) is 3. The Hall–Kier alpha value is -3.41. The van der Waals surface area contributed by atoms with Gasteiger partial charge in [-0.1, -0.05) is 12.1 Å². The Morgan fingerprint density at radius 1 is 1.04 bits per heavy atom. The molecule has 0 saturated carbocycles. The topological polar surface area (TPSA) is 66.8 Å². The van der Waals surface area contributed by atoms with Gasteiger partial charge in [-0.15, -0.1) is 0 Å². The predicted molar refractivity (Wildman–Crippen MR) is 93.2 cm³/mol. The average molecular weight is 329 g/mol. The Kier molecular flexibility index (Phi) is 2.97. The lowest BCUT2D eigenvalue weighted by atomic mass is 10.1. The van der Waals surface area contributed by atoms with Crippen molar-refractivity contribution in [3.05, 3.63) is 77.9 Å². The zero-order chi connectivity index (χ0) is 16.8. The van der Waals surface area contributed by atoms with Crippen molar-refractivity contribution in [1.82, 2.24) is 24.6 Å². The molecule has 6 heteroatoms. The number of carbonyl (C=O) groups is 1. The number of nitrogens with zero attached hydrogens (tertiary/aromatic N) is 4. The lowest BCUT2D eigenvalue weighted by Gasteiger charge is -2.15. The molecule has 2 aromatic heterocycles. The monoisotopic (exact) mass is 329 g/mol. The van der Waals surface area contributed by atoms with Crippen molar-refractivity contribution >= 4 is 16.9 Å². The maximum absolute atomic E-state index is 12.7. The first-order valence-corrected chi connectivity index (χ1v) is 8.12. The first-order chi connectivity index (χ1) is 12.3. The minimum atomic E-state index is 0.0339. The summed E-state index contributed by atoms with van der Waals surface area (Å²) >= 11 is 0. The predicted octanol–water partition coefficient (Wildman–Crippen LogP) is 2.90. The number of hydrogen-bond donors (Lipinski definition) is 1. The summed E-state index contributed by atoms with van der Waals surface area (Å²) in [6, 6.07) is 15.6. The molecule has 0 fully saturated rings. The molecule has 0 unspecified atom stereocenters. The van der Waals surface area contributed by atoms with Crippen LogP contribution in [0.4, 0.5) is 0 Å². The van der Waals surface area contributed by atoms with Gasteiger partial charge in [-0.25, -0.2) is 4.98 Å². The third kappa shape index (κ3) is 2.22. The van der Waals surface area contributed by atoms with E-state index in [-0.39, 0.29) is 5.91 Å². The average Bonchev–Trinajstić information content (AvgIpc) is 3.35. The molecular formula is C19H15N5O. The number of aromatic amines is 1. The van der Waals surface area contributed by atoms with Gasteiger partial charge in [0.15, 0.2) is 0 Å². The van der Waals surface area contributed by atoms with Crippen molar-refractivity contribution in [3.8, 4) is 5.69 Å². The van der Waals surface area contributed by atoms with Gasteiger partial charge in [0, 0.05) is 23.4 Å². The van der Waals surface area contributed by atoms with Crippen LogP contribution in [0.25, 0.3) is 16.7 Å². The zero-order valence-corrected chi connectivity index (χ0v) is 13.4. The van der Waals surface area contributed by atoms with Crippen LogP contribution in [-0.2, 0) is 13.1 Å². The lowest BCUT2D eigenvalue weighted by Crippen LogP contribution is -2.25. The minimum Gasteiger partial charge on any atom is -0.328 e. The molecule has 0 saturated heterocycles. The molecule has 0 spiro atoms. The molecule has 1 aliphatic rings. The minimum absolute atomic E-state index is 0.0339. The number of imidazole rings is 1. The quantitative estimate of drug-likeness (QED) is 0.615. The largest absolute Gasteiger partial charge is 0.328 e. The maximum Gasteiger partial charge on any atom is 0.254 e. The summed E-state index contributed by atoms with van der Waals surface area (Å²) < 4.78 is 2.02. The summed E-state index contributed by atoms with van der Waals surface area (Å²) in [7, 11) is 0. The third-order valence-corrected chi connectivity index (χ3v) is 4.65. The van der Waals surface area contributed by atoms with Crippen molar-refractivity contribution in [3.63, 3.8) is 0 Å². The number of amides is 1. The number of fused-ring (bicyclic) bond motifs is 2. The van der Waals surface area contributed by atoms with Gasteiger partial charge in [-0.05, 0) is 36.4 Å². The first kappa shape index (κ1) is 14.0. The standard InChI is InChI=1S/C19H15N5O/c25-19(23-10-14-9-21-22-17(14)11-23)13-5-7-15(8-6-13)24-12-20-16-3-1-2-4-18(16)24/h1-9,12H,10-11H2,(H,21,22). The Morgan fingerprint density at radius 2 is 1.88 bits per heavy atom. The van der Waals surface area contributed by atoms with Crippen LogP contribution in [0, 0.1) is 0 Å². The smallest absolute Gasteiger partial charge is 0.254 e. The molecular weight excluding hydrogens is 314 g/mol. The van der Waals surface area contributed by atoms with E-state index in [1.807, 2.05) is 58.0 Å². The van der Waals surface area contributed by atoms with Gasteiger partial charge in [0.2, 0.25) is 0 Å². The first-order valence-electron chi connectivity index (χ1n) is 8.12. The molecule has 0 atom stereocenters. The van der Waals surface area contributed by atoms with E-state index in [1.165, 1.54) is 0 Å². The van der Waals surface area contributed by atoms with Crippen LogP contribution >= 0.6 is 0 Å². The number of carbonyl (C=O) groups excluding carboxylic acids is 1. The fourth-order valence-electron chi connectivity index (χ4n) is 3.32. The summed E-state index contributed by atoms with van der Waals surface area (Å²) in [5.74, 6) is 0.0339. The molecule has 1 amide bonds. The second-order valence-electron chi connectivity index (χ2n) is 6.19. The van der Waals surface area contributed by atoms with E-state index in [2.05, 4.69) is 15.2 Å². The van der Waals surface area contributed by atoms with Crippen molar-refractivity contribution in [2.24, 2.45) is 0 Å². The highest BCUT2D eigenvalue weighted by Gasteiger charge is 2.25. The van der Waals surface area contributed by atoms with Crippen LogP contribution in [0.15, 0.2) is 61.1 Å². The lowest BCUT2D eigenvalue weighted by molar-refractivity contribution is 0.0749. The molecule has 4 aromatic rings. The molecule has 122 valence electrons. The number of rotatable bonds is 2. The second kappa shape index (κ2) is 5.31. The molecule has 2 aromatic carbocycles. The van der Waals surface area contributed by atoms with E-state index in [4.69, 9.17) is 0 Å². The highest BCUT2D eigenvalue weighted by molar-refractivity contribution is 5.94. The molecule has 6 nitrogen and oxygen atoms in total. The molecule has 0 radical (unpaired) electrons. The Bertz CT molecular complexity index is 1060. The fraction of sp³-hybridized carbons (Fsp3) is 0.105. The highest BCUT2D eigenvalue weighted by atomic mass is 16.2. The van der Waals surface area contributed by atoms with Crippen LogP contribution in [-0.4, -0.2) is 30.6 Å². The van der Waals surface area contributed by atoms with Crippen LogP contribution in [0.1, 0.15) is 21.6 Å². The normalized spacial score (nSPS) is 13.4. The molecule has 0 aliphatic carbocycles. The molecule has 25 heavy (non-hydrogen) atoms. The number of para-hydroxylation sites is 2. The summed E-state index contributed by atoms with van der Waals surface area (Å²) in [4.78, 5) is 18.9. The molecule has 0 bridgehead atoms. The van der Waals surface area contributed by atoms with E-state index in [1.54, 1.807) is 12.5 Å². The second-order valence-corrected chi connectivity index (χ2v) is 6.19. The van der Waals surface area contributed by atoms with Gasteiger partial charge in [0.25, 0.3) is 5.91 Å². The van der Waals surface area contributed by atoms with E-state index < -0.39 is 0 Å². The summed E-state index contributed by atoms with van der Waals surface area (Å²) in [5, 5.41) is 6.95. The Balaban J connectivity index is 1.42. The van der Waals surface area contributed by atoms with Gasteiger partial charge >= 0.3 is 0 Å². The van der Waals surface area contributed by atoms with Crippen molar-refractivity contribution in [2.75, 3.05) is 0 Å². The summed E-state index contributed by atoms with van der Waals surface area (Å²) in [5.41, 5.74) is 5.79. The Labute approximate surface area is 143 Å². The highest BCUT2D eigenvalue weighted by Crippen LogP contribution is 2.23. The molecule has 5 rings (SSSR count). The summed E-state index contributed by atoms with van der Waals surface area (Å²) in [6.45, 7) is 1.20. The molecule has 3 heterocycles. The van der Waals surface area contributed by atoms with Crippen LogP contribution in [0.3, 0.4) is 0 Å². The van der Waals surface area contributed by atoms with Gasteiger partial charge < -0.3 is 4.90 Å². The van der Waals surface area contributed by atoms with Crippen molar-refractivity contribution in [1.29, 1.82) is 0 Å². The van der Waals surface area contributed by atoms with Gasteiger partial charge in [-0.2, -0.15) is 5.10 Å². The fourth-order valence-corrected chi connectivity index (χ4v) is 3.32. The van der Waals surface area contributed by atoms with E-state index in [0.29, 0.717) is 18.7 Å². The van der Waals surface area contributed by atoms with E-state index >= 15 is 0 Å². The number of nitrogens with one attached hydrogen (secondary N) is 1. The molecule has 1 aliphatic heterocycles. The van der Waals surface area contributed by atoms with Crippen molar-refractivity contribution in [2.45, 2.75) is 13.1 Å². The van der Waals surface area contributed by atoms with Crippen molar-refractivity contribution < 1.29 is 4.79 Å². The molecule has 1 N–H and O–H groups in total. The van der Waals surface area contributed by atoms with E-state index in [9.17, 15) is 4.79 Å². The maximum atomic E-state index is 12.7. The Morgan fingerprint density at radius 3 is 2.72 bits per heavy atom. The van der Waals surface area contributed by atoms with Gasteiger partial charge in [0.05, 0.1) is 29.5 Å². The van der Waals surface area contributed by atoms with Gasteiger partial charge in [0.1, 0.15) is 6.33 Å². The number of aromatic nitrogens is 4. The SMILES string of the molecule is O=C(c1ccc(-n2cnc3ccccc32)cc1)N1Cc2cn[nH]c2C1. The summed E-state index contributed by atoms with van der Waals surface area (Å²) in [6.07, 6.45) is 3.59. The van der Waals surface area contributed by atoms with Crippen LogP contribution < -0.4 is 0 Å². The third-order valence-electron chi connectivity index (χ3n) is 4.65. The van der Waals surface area contributed by atoms with Gasteiger partial charge in [-0.3, -0.25) is 14.5 Å². The van der Waals surface area contributed by atoms with E-state index in [0.717, 1.165) is 28.0 Å². The number of benzene rings is 2. The van der Waals surface area contributed by atoms with Crippen LogP contribution in [0.2, 0.25) is 0 Å². The number of H-pyrrole nitrogens is 1. The van der Waals surface area contributed by atoms with Crippen LogP contribution in [0.5, 0.6) is 0 Å². The zero-order valence-electron chi connectivity index (χ0n) is 13.4.